The Kier molecular flexibility index (Phi) is 11.7. The zero-order valence-electron chi connectivity index (χ0n) is 19.6. The minimum absolute atomic E-state index is 0. The van der Waals surface area contributed by atoms with Crippen LogP contribution in [0.2, 0.25) is 0 Å². The zero-order valence-corrected chi connectivity index (χ0v) is 22.7. The summed E-state index contributed by atoms with van der Waals surface area (Å²) in [6.45, 7) is 10.4. The largest absolute Gasteiger partial charge is 0.357 e. The minimum atomic E-state index is -3.38. The van der Waals surface area contributed by atoms with E-state index in [4.69, 9.17) is 4.99 Å². The molecular formula is C23H40IN5O2S. The molecule has 0 radical (unpaired) electrons. The van der Waals surface area contributed by atoms with E-state index in [1.807, 2.05) is 12.1 Å². The first-order chi connectivity index (χ1) is 15.0. The Morgan fingerprint density at radius 2 is 1.69 bits per heavy atom. The highest BCUT2D eigenvalue weighted by Crippen LogP contribution is 2.21. The number of piperidine rings is 2. The molecule has 2 saturated heterocycles. The van der Waals surface area contributed by atoms with E-state index in [-0.39, 0.29) is 24.0 Å². The molecule has 0 bridgehead atoms. The Balaban J connectivity index is 0.00000363. The van der Waals surface area contributed by atoms with E-state index in [1.54, 1.807) is 16.4 Å². The minimum Gasteiger partial charge on any atom is -0.357 e. The number of rotatable bonds is 8. The molecule has 0 aromatic heterocycles. The average Bonchev–Trinajstić information content (AvgIpc) is 2.80. The number of hydrogen-bond acceptors (Lipinski definition) is 4. The van der Waals surface area contributed by atoms with E-state index in [0.717, 1.165) is 63.3 Å². The zero-order chi connectivity index (χ0) is 22.1. The van der Waals surface area contributed by atoms with E-state index in [2.05, 4.69) is 29.4 Å². The summed E-state index contributed by atoms with van der Waals surface area (Å²) < 4.78 is 27.2. The predicted octanol–water partition coefficient (Wildman–Crippen LogP) is 3.41. The van der Waals surface area contributed by atoms with E-state index >= 15 is 0 Å². The number of sulfonamides is 1. The maximum atomic E-state index is 12.8. The fraction of sp³-hybridized carbons (Fsp3) is 0.696. The van der Waals surface area contributed by atoms with Crippen molar-refractivity contribution >= 4 is 40.0 Å². The van der Waals surface area contributed by atoms with Gasteiger partial charge in [-0.05, 0) is 63.3 Å². The summed E-state index contributed by atoms with van der Waals surface area (Å²) in [6, 6.07) is 7.65. The van der Waals surface area contributed by atoms with Gasteiger partial charge in [-0.15, -0.1) is 24.0 Å². The second-order valence-corrected chi connectivity index (χ2v) is 10.5. The van der Waals surface area contributed by atoms with Gasteiger partial charge in [0.15, 0.2) is 5.96 Å². The van der Waals surface area contributed by atoms with Crippen molar-refractivity contribution in [2.24, 2.45) is 4.99 Å². The van der Waals surface area contributed by atoms with Crippen molar-refractivity contribution in [2.75, 3.05) is 39.3 Å². The smallest absolute Gasteiger partial charge is 0.243 e. The highest BCUT2D eigenvalue weighted by Gasteiger charge is 2.25. The summed E-state index contributed by atoms with van der Waals surface area (Å²) >= 11 is 0. The van der Waals surface area contributed by atoms with Gasteiger partial charge in [0.05, 0.1) is 11.4 Å². The van der Waals surface area contributed by atoms with Crippen LogP contribution in [0.25, 0.3) is 0 Å². The lowest BCUT2D eigenvalue weighted by Crippen LogP contribution is -2.48. The van der Waals surface area contributed by atoms with Gasteiger partial charge in [-0.25, -0.2) is 13.4 Å². The van der Waals surface area contributed by atoms with Gasteiger partial charge in [0, 0.05) is 38.8 Å². The molecule has 0 amide bonds. The molecule has 2 aliphatic heterocycles. The summed E-state index contributed by atoms with van der Waals surface area (Å²) in [7, 11) is -3.38. The number of aliphatic imine (C=N–C) groups is 1. The van der Waals surface area contributed by atoms with E-state index in [1.165, 1.54) is 13.0 Å². The van der Waals surface area contributed by atoms with Gasteiger partial charge < -0.3 is 15.5 Å². The van der Waals surface area contributed by atoms with Crippen LogP contribution < -0.4 is 10.6 Å². The van der Waals surface area contributed by atoms with Crippen molar-refractivity contribution in [2.45, 2.75) is 69.9 Å². The van der Waals surface area contributed by atoms with Crippen molar-refractivity contribution in [1.82, 2.24) is 19.8 Å². The number of nitrogens with zero attached hydrogens (tertiary/aromatic N) is 3. The molecule has 9 heteroatoms. The van der Waals surface area contributed by atoms with Gasteiger partial charge >= 0.3 is 0 Å². The summed E-state index contributed by atoms with van der Waals surface area (Å²) in [6.07, 6.45) is 6.48. The molecule has 1 aromatic rings. The monoisotopic (exact) mass is 577 g/mol. The Bertz CT molecular complexity index is 802. The van der Waals surface area contributed by atoms with E-state index in [0.29, 0.717) is 30.6 Å². The van der Waals surface area contributed by atoms with E-state index in [9.17, 15) is 8.42 Å². The summed E-state index contributed by atoms with van der Waals surface area (Å²) in [5, 5.41) is 6.92. The molecule has 0 unspecified atom stereocenters. The van der Waals surface area contributed by atoms with Crippen molar-refractivity contribution in [3.05, 3.63) is 29.8 Å². The highest BCUT2D eigenvalue weighted by atomic mass is 127. The number of benzene rings is 1. The Morgan fingerprint density at radius 3 is 2.28 bits per heavy atom. The molecule has 3 rings (SSSR count). The molecule has 0 spiro atoms. The maximum absolute atomic E-state index is 12.8. The van der Waals surface area contributed by atoms with Gasteiger partial charge in [0.2, 0.25) is 10.0 Å². The maximum Gasteiger partial charge on any atom is 0.243 e. The third-order valence-electron chi connectivity index (χ3n) is 6.11. The Labute approximate surface area is 211 Å². The normalized spacial score (nSPS) is 19.4. The van der Waals surface area contributed by atoms with Crippen molar-refractivity contribution < 1.29 is 8.42 Å². The van der Waals surface area contributed by atoms with Crippen LogP contribution in [0.1, 0.15) is 57.9 Å². The van der Waals surface area contributed by atoms with Gasteiger partial charge in [0.1, 0.15) is 0 Å². The third kappa shape index (κ3) is 7.85. The second kappa shape index (κ2) is 13.7. The molecule has 7 nitrogen and oxygen atoms in total. The molecule has 2 N–H and O–H groups in total. The molecule has 0 atom stereocenters. The number of nitrogens with one attached hydrogen (secondary N) is 2. The van der Waals surface area contributed by atoms with Gasteiger partial charge in [-0.3, -0.25) is 0 Å². The SMILES string of the molecule is CCCN1CCC(NC(=NCc2ccc(S(=O)(=O)N3CCCCC3)cc2)NCC)CC1.I. The summed E-state index contributed by atoms with van der Waals surface area (Å²) in [5.41, 5.74) is 1.01. The van der Waals surface area contributed by atoms with Crippen molar-refractivity contribution in [3.8, 4) is 0 Å². The topological polar surface area (TPSA) is 77.0 Å². The lowest BCUT2D eigenvalue weighted by atomic mass is 10.1. The van der Waals surface area contributed by atoms with Crippen LogP contribution in [-0.4, -0.2) is 68.9 Å². The molecule has 2 fully saturated rings. The average molecular weight is 578 g/mol. The summed E-state index contributed by atoms with van der Waals surface area (Å²) in [4.78, 5) is 7.65. The molecule has 2 aliphatic rings. The molecule has 182 valence electrons. The van der Waals surface area contributed by atoms with Crippen LogP contribution >= 0.6 is 24.0 Å². The number of hydrogen-bond donors (Lipinski definition) is 2. The fourth-order valence-electron chi connectivity index (χ4n) is 4.32. The van der Waals surface area contributed by atoms with E-state index < -0.39 is 10.0 Å². The van der Waals surface area contributed by atoms with Crippen LogP contribution in [0.4, 0.5) is 0 Å². The lowest BCUT2D eigenvalue weighted by molar-refractivity contribution is 0.206. The number of likely N-dealkylation sites (tertiary alicyclic amines) is 1. The van der Waals surface area contributed by atoms with Crippen molar-refractivity contribution in [3.63, 3.8) is 0 Å². The molecule has 1 aromatic carbocycles. The van der Waals surface area contributed by atoms with Gasteiger partial charge in [-0.2, -0.15) is 4.31 Å². The quantitative estimate of drug-likeness (QED) is 0.282. The molecule has 32 heavy (non-hydrogen) atoms. The van der Waals surface area contributed by atoms with Crippen LogP contribution in [0.3, 0.4) is 0 Å². The summed E-state index contributed by atoms with van der Waals surface area (Å²) in [5.74, 6) is 0.835. The molecular weight excluding hydrogens is 537 g/mol. The molecule has 0 saturated carbocycles. The van der Waals surface area contributed by atoms with Gasteiger partial charge in [0.25, 0.3) is 0 Å². The first kappa shape index (κ1) is 27.3. The standard InChI is InChI=1S/C23H39N5O2S.HI/c1-3-14-27-17-12-21(13-18-27)26-23(24-4-2)25-19-20-8-10-22(11-9-20)31(29,30)28-15-6-5-7-16-28;/h8-11,21H,3-7,12-19H2,1-2H3,(H2,24,25,26);1H. The van der Waals surface area contributed by atoms with Crippen LogP contribution in [0.15, 0.2) is 34.2 Å². The predicted molar refractivity (Wildman–Crippen MR) is 142 cm³/mol. The van der Waals surface area contributed by atoms with Crippen LogP contribution in [-0.2, 0) is 16.6 Å². The van der Waals surface area contributed by atoms with Crippen LogP contribution in [0.5, 0.6) is 0 Å². The number of halogens is 1. The molecule has 0 aliphatic carbocycles. The first-order valence-electron chi connectivity index (χ1n) is 11.9. The number of guanidine groups is 1. The van der Waals surface area contributed by atoms with Gasteiger partial charge in [-0.1, -0.05) is 25.5 Å². The third-order valence-corrected chi connectivity index (χ3v) is 8.02. The first-order valence-corrected chi connectivity index (χ1v) is 13.3. The highest BCUT2D eigenvalue weighted by molar-refractivity contribution is 14.0. The molecule has 2 heterocycles. The lowest BCUT2D eigenvalue weighted by Gasteiger charge is -2.32. The Morgan fingerprint density at radius 1 is 1.03 bits per heavy atom. The second-order valence-electron chi connectivity index (χ2n) is 8.56. The van der Waals surface area contributed by atoms with Crippen molar-refractivity contribution in [1.29, 1.82) is 0 Å². The fourth-order valence-corrected chi connectivity index (χ4v) is 5.84. The van der Waals surface area contributed by atoms with Crippen LogP contribution in [0, 0.1) is 0 Å². The Hall–Kier alpha value is -0.910.